The third-order valence-corrected chi connectivity index (χ3v) is 3.62. The van der Waals surface area contributed by atoms with Crippen LogP contribution in [0.2, 0.25) is 0 Å². The molecule has 0 saturated heterocycles. The topological polar surface area (TPSA) is 88.3 Å². The molecule has 0 spiro atoms. The molecule has 0 aliphatic heterocycles. The SMILES string of the molecule is CC[N+](CC)=C1C=C/C(=N/c2cnn(C)c2N)C(NC(C)=O)=C1. The Kier molecular flexibility index (Phi) is 5.10. The molecule has 0 aromatic carbocycles. The van der Waals surface area contributed by atoms with Crippen molar-refractivity contribution in [3.05, 3.63) is 30.1 Å². The van der Waals surface area contributed by atoms with Crippen molar-refractivity contribution in [3.63, 3.8) is 0 Å². The molecular formula is C16H23N6O+. The van der Waals surface area contributed by atoms with E-state index < -0.39 is 0 Å². The van der Waals surface area contributed by atoms with E-state index in [0.29, 0.717) is 22.9 Å². The number of aryl methyl sites for hydroxylation is 1. The van der Waals surface area contributed by atoms with Gasteiger partial charge in [-0.3, -0.25) is 9.48 Å². The van der Waals surface area contributed by atoms with Crippen molar-refractivity contribution in [2.45, 2.75) is 20.8 Å². The van der Waals surface area contributed by atoms with Crippen molar-refractivity contribution < 1.29 is 9.37 Å². The molecule has 2 rings (SSSR count). The minimum absolute atomic E-state index is 0.141. The summed E-state index contributed by atoms with van der Waals surface area (Å²) in [6.07, 6.45) is 7.40. The molecule has 1 aromatic heterocycles. The van der Waals surface area contributed by atoms with Crippen LogP contribution in [0, 0.1) is 0 Å². The molecule has 7 nitrogen and oxygen atoms in total. The van der Waals surface area contributed by atoms with Gasteiger partial charge in [-0.15, -0.1) is 0 Å². The summed E-state index contributed by atoms with van der Waals surface area (Å²) in [4.78, 5) is 16.0. The number of rotatable bonds is 4. The van der Waals surface area contributed by atoms with Crippen LogP contribution in [0.3, 0.4) is 0 Å². The summed E-state index contributed by atoms with van der Waals surface area (Å²) in [7, 11) is 1.76. The van der Waals surface area contributed by atoms with Crippen LogP contribution in [0.4, 0.5) is 11.5 Å². The number of carbonyl (C=O) groups excluding carboxylic acids is 1. The molecule has 0 fully saturated rings. The lowest BCUT2D eigenvalue weighted by Gasteiger charge is -2.13. The van der Waals surface area contributed by atoms with Gasteiger partial charge in [-0.05, 0) is 19.9 Å². The third-order valence-electron chi connectivity index (χ3n) is 3.62. The predicted molar refractivity (Wildman–Crippen MR) is 92.1 cm³/mol. The van der Waals surface area contributed by atoms with Crippen LogP contribution in [0.25, 0.3) is 0 Å². The molecule has 1 heterocycles. The molecule has 23 heavy (non-hydrogen) atoms. The Morgan fingerprint density at radius 1 is 1.39 bits per heavy atom. The van der Waals surface area contributed by atoms with Gasteiger partial charge in [0.25, 0.3) is 0 Å². The molecule has 1 aliphatic carbocycles. The number of amides is 1. The van der Waals surface area contributed by atoms with Crippen LogP contribution in [0.1, 0.15) is 20.8 Å². The van der Waals surface area contributed by atoms with Crippen molar-refractivity contribution in [1.82, 2.24) is 15.1 Å². The zero-order valence-corrected chi connectivity index (χ0v) is 14.0. The molecule has 0 saturated carbocycles. The standard InChI is InChI=1S/C16H22N6O/c1-5-22(6-2)12-7-8-13(14(9-12)19-11(3)23)20-15-10-18-21(4)16(15)17/h7-10H,5-6H2,1-4H3,(H2,17,18,19,23)/p+1. The van der Waals surface area contributed by atoms with Crippen LogP contribution in [-0.4, -0.2) is 44.8 Å². The van der Waals surface area contributed by atoms with E-state index in [1.807, 2.05) is 18.2 Å². The number of nitrogen functional groups attached to an aromatic ring is 1. The Morgan fingerprint density at radius 2 is 2.09 bits per heavy atom. The number of anilines is 1. The summed E-state index contributed by atoms with van der Waals surface area (Å²) in [6, 6.07) is 0. The fourth-order valence-electron chi connectivity index (χ4n) is 2.35. The molecule has 7 heteroatoms. The maximum absolute atomic E-state index is 11.5. The first-order valence-electron chi connectivity index (χ1n) is 7.62. The van der Waals surface area contributed by atoms with Crippen LogP contribution >= 0.6 is 0 Å². The smallest absolute Gasteiger partial charge is 0.221 e. The van der Waals surface area contributed by atoms with Crippen molar-refractivity contribution in [2.24, 2.45) is 12.0 Å². The quantitative estimate of drug-likeness (QED) is 0.645. The fraction of sp³-hybridized carbons (Fsp3) is 0.375. The molecule has 1 aromatic rings. The van der Waals surface area contributed by atoms with Gasteiger partial charge < -0.3 is 11.1 Å². The van der Waals surface area contributed by atoms with Gasteiger partial charge in [0.2, 0.25) is 11.6 Å². The minimum atomic E-state index is -0.141. The molecule has 3 N–H and O–H groups in total. The van der Waals surface area contributed by atoms with E-state index in [1.165, 1.54) is 6.92 Å². The summed E-state index contributed by atoms with van der Waals surface area (Å²) in [5.41, 5.74) is 8.86. The highest BCUT2D eigenvalue weighted by atomic mass is 16.1. The highest BCUT2D eigenvalue weighted by Crippen LogP contribution is 2.22. The zero-order valence-electron chi connectivity index (χ0n) is 14.0. The molecule has 0 radical (unpaired) electrons. The Bertz CT molecular complexity index is 730. The van der Waals surface area contributed by atoms with E-state index in [-0.39, 0.29) is 5.91 Å². The predicted octanol–water partition coefficient (Wildman–Crippen LogP) is 1.16. The number of allylic oxidation sites excluding steroid dienone is 3. The number of nitrogens with two attached hydrogens (primary N) is 1. The second-order valence-corrected chi connectivity index (χ2v) is 5.21. The summed E-state index contributed by atoms with van der Waals surface area (Å²) in [6.45, 7) is 7.45. The number of nitrogens with one attached hydrogen (secondary N) is 1. The van der Waals surface area contributed by atoms with E-state index in [1.54, 1.807) is 17.9 Å². The van der Waals surface area contributed by atoms with Gasteiger partial charge in [0, 0.05) is 26.1 Å². The molecule has 1 amide bonds. The van der Waals surface area contributed by atoms with Gasteiger partial charge in [-0.2, -0.15) is 5.10 Å². The van der Waals surface area contributed by atoms with Gasteiger partial charge in [0.1, 0.15) is 24.6 Å². The molecule has 122 valence electrons. The average Bonchev–Trinajstić information content (AvgIpc) is 2.82. The second kappa shape index (κ2) is 7.04. The largest absolute Gasteiger partial charge is 0.382 e. The maximum atomic E-state index is 11.5. The van der Waals surface area contributed by atoms with Crippen molar-refractivity contribution in [1.29, 1.82) is 0 Å². The molecule has 0 bridgehead atoms. The van der Waals surface area contributed by atoms with Gasteiger partial charge in [0.15, 0.2) is 0 Å². The van der Waals surface area contributed by atoms with E-state index in [2.05, 4.69) is 33.8 Å². The lowest BCUT2D eigenvalue weighted by atomic mass is 10.1. The lowest BCUT2D eigenvalue weighted by molar-refractivity contribution is -0.519. The number of hydrogen-bond donors (Lipinski definition) is 2. The monoisotopic (exact) mass is 315 g/mol. The van der Waals surface area contributed by atoms with E-state index in [4.69, 9.17) is 5.73 Å². The van der Waals surface area contributed by atoms with Gasteiger partial charge >= 0.3 is 0 Å². The van der Waals surface area contributed by atoms with Crippen LogP contribution in [0.5, 0.6) is 0 Å². The average molecular weight is 315 g/mol. The highest BCUT2D eigenvalue weighted by molar-refractivity contribution is 6.21. The Hall–Kier alpha value is -2.70. The lowest BCUT2D eigenvalue weighted by Crippen LogP contribution is -2.29. The Morgan fingerprint density at radius 3 is 2.61 bits per heavy atom. The molecule has 0 unspecified atom stereocenters. The van der Waals surface area contributed by atoms with Gasteiger partial charge in [-0.1, -0.05) is 0 Å². The van der Waals surface area contributed by atoms with E-state index in [9.17, 15) is 4.79 Å². The summed E-state index contributed by atoms with van der Waals surface area (Å²) >= 11 is 0. The van der Waals surface area contributed by atoms with E-state index >= 15 is 0 Å². The first-order chi connectivity index (χ1) is 11.0. The second-order valence-electron chi connectivity index (χ2n) is 5.21. The van der Waals surface area contributed by atoms with Gasteiger partial charge in [-0.25, -0.2) is 9.57 Å². The summed E-state index contributed by atoms with van der Waals surface area (Å²) < 4.78 is 3.76. The number of aromatic nitrogens is 2. The van der Waals surface area contributed by atoms with Gasteiger partial charge in [0.05, 0.1) is 17.6 Å². The number of nitrogens with zero attached hydrogens (tertiary/aromatic N) is 4. The normalized spacial score (nSPS) is 15.7. The van der Waals surface area contributed by atoms with Crippen LogP contribution in [-0.2, 0) is 11.8 Å². The fourth-order valence-corrected chi connectivity index (χ4v) is 2.35. The molecular weight excluding hydrogens is 292 g/mol. The summed E-state index contributed by atoms with van der Waals surface area (Å²) in [5, 5.41) is 6.91. The highest BCUT2D eigenvalue weighted by Gasteiger charge is 2.18. The zero-order chi connectivity index (χ0) is 17.0. The Balaban J connectivity index is 2.46. The van der Waals surface area contributed by atoms with E-state index in [0.717, 1.165) is 18.8 Å². The minimum Gasteiger partial charge on any atom is -0.382 e. The summed E-state index contributed by atoms with van der Waals surface area (Å²) in [5.74, 6) is 0.337. The molecule has 1 aliphatic rings. The first-order valence-corrected chi connectivity index (χ1v) is 7.62. The number of carbonyl (C=O) groups is 1. The first kappa shape index (κ1) is 16.7. The molecule has 0 atom stereocenters. The van der Waals surface area contributed by atoms with Crippen molar-refractivity contribution >= 4 is 28.8 Å². The maximum Gasteiger partial charge on any atom is 0.221 e. The van der Waals surface area contributed by atoms with Crippen LogP contribution in [0.15, 0.2) is 35.1 Å². The van der Waals surface area contributed by atoms with Crippen LogP contribution < -0.4 is 11.1 Å². The van der Waals surface area contributed by atoms with Crippen molar-refractivity contribution in [2.75, 3.05) is 18.8 Å². The third kappa shape index (κ3) is 3.74. The van der Waals surface area contributed by atoms with Crippen molar-refractivity contribution in [3.8, 4) is 0 Å². The number of aliphatic imine (C=N–C) groups is 1. The Labute approximate surface area is 135 Å². The number of hydrogen-bond acceptors (Lipinski definition) is 4.